The Morgan fingerprint density at radius 3 is 2.55 bits per heavy atom. The summed E-state index contributed by atoms with van der Waals surface area (Å²) in [6.45, 7) is 3.37. The average Bonchev–Trinajstić information content (AvgIpc) is 3.09. The minimum Gasteiger partial charge on any atom is -0.332 e. The van der Waals surface area contributed by atoms with Crippen LogP contribution in [0.4, 0.5) is 0 Å². The highest BCUT2D eigenvalue weighted by Crippen LogP contribution is 2.22. The van der Waals surface area contributed by atoms with Gasteiger partial charge < -0.3 is 4.90 Å². The van der Waals surface area contributed by atoms with E-state index in [0.717, 1.165) is 22.3 Å². The molecule has 1 aliphatic rings. The van der Waals surface area contributed by atoms with E-state index in [4.69, 9.17) is 0 Å². The number of fused-ring (bicyclic) bond motifs is 2. The molecule has 0 fully saturated rings. The summed E-state index contributed by atoms with van der Waals surface area (Å²) in [7, 11) is 0. The molecule has 6 heteroatoms. The summed E-state index contributed by atoms with van der Waals surface area (Å²) in [5.41, 5.74) is 4.89. The van der Waals surface area contributed by atoms with Crippen LogP contribution >= 0.6 is 0 Å². The van der Waals surface area contributed by atoms with Crippen molar-refractivity contribution in [2.45, 2.75) is 26.6 Å². The fourth-order valence-electron chi connectivity index (χ4n) is 2.77. The highest BCUT2D eigenvalue weighted by Gasteiger charge is 2.24. The summed E-state index contributed by atoms with van der Waals surface area (Å²) in [4.78, 5) is 20.0. The zero-order chi connectivity index (χ0) is 15.1. The molecule has 1 aromatic carbocycles. The predicted molar refractivity (Wildman–Crippen MR) is 80.8 cm³/mol. The van der Waals surface area contributed by atoms with E-state index in [0.29, 0.717) is 13.1 Å². The number of aryl methyl sites for hydroxylation is 1. The van der Waals surface area contributed by atoms with E-state index >= 15 is 0 Å². The molecule has 110 valence electrons. The molecule has 6 nitrogen and oxygen atoms in total. The molecular weight excluding hydrogens is 278 g/mol. The van der Waals surface area contributed by atoms with Crippen LogP contribution in [0.2, 0.25) is 0 Å². The van der Waals surface area contributed by atoms with Gasteiger partial charge in [0.1, 0.15) is 17.6 Å². The monoisotopic (exact) mass is 293 g/mol. The predicted octanol–water partition coefficient (Wildman–Crippen LogP) is 1.68. The van der Waals surface area contributed by atoms with E-state index in [-0.39, 0.29) is 12.5 Å². The Hall–Kier alpha value is -2.76. The SMILES string of the molecule is Cc1cc2c(cn1)CN(C(=O)Cn1nc3ccccc3n1)C2. The van der Waals surface area contributed by atoms with Crippen molar-refractivity contribution in [3.05, 3.63) is 53.3 Å². The average molecular weight is 293 g/mol. The van der Waals surface area contributed by atoms with Gasteiger partial charge in [0.15, 0.2) is 0 Å². The van der Waals surface area contributed by atoms with Crippen molar-refractivity contribution < 1.29 is 4.79 Å². The van der Waals surface area contributed by atoms with Crippen LogP contribution in [0.15, 0.2) is 36.5 Å². The van der Waals surface area contributed by atoms with Crippen molar-refractivity contribution in [3.8, 4) is 0 Å². The second-order valence-corrected chi connectivity index (χ2v) is 5.56. The van der Waals surface area contributed by atoms with Crippen LogP contribution in [0.3, 0.4) is 0 Å². The van der Waals surface area contributed by atoms with Crippen molar-refractivity contribution in [2.75, 3.05) is 0 Å². The van der Waals surface area contributed by atoms with Crippen molar-refractivity contribution >= 4 is 16.9 Å². The summed E-state index contributed by atoms with van der Waals surface area (Å²) in [6, 6.07) is 9.65. The summed E-state index contributed by atoms with van der Waals surface area (Å²) in [6.07, 6.45) is 1.86. The maximum atomic E-state index is 12.4. The molecule has 1 aliphatic heterocycles. The normalized spacial score (nSPS) is 13.6. The van der Waals surface area contributed by atoms with Crippen LogP contribution in [0, 0.1) is 6.92 Å². The Morgan fingerprint density at radius 2 is 1.82 bits per heavy atom. The first-order valence-corrected chi connectivity index (χ1v) is 7.21. The number of benzene rings is 1. The number of nitrogens with zero attached hydrogens (tertiary/aromatic N) is 5. The molecule has 3 aromatic rings. The van der Waals surface area contributed by atoms with Crippen LogP contribution in [-0.4, -0.2) is 30.8 Å². The largest absolute Gasteiger partial charge is 0.332 e. The van der Waals surface area contributed by atoms with E-state index in [1.165, 1.54) is 10.4 Å². The standard InChI is InChI=1S/C16H15N5O/c1-11-6-12-8-20(9-13(12)7-17-11)16(22)10-21-18-14-4-2-3-5-15(14)19-21/h2-7H,8-10H2,1H3. The van der Waals surface area contributed by atoms with Crippen molar-refractivity contribution in [3.63, 3.8) is 0 Å². The van der Waals surface area contributed by atoms with Gasteiger partial charge in [0, 0.05) is 25.0 Å². The fraction of sp³-hybridized carbons (Fsp3) is 0.250. The summed E-state index contributed by atoms with van der Waals surface area (Å²) in [5, 5.41) is 8.67. The Balaban J connectivity index is 1.51. The van der Waals surface area contributed by atoms with Gasteiger partial charge in [0.25, 0.3) is 0 Å². The van der Waals surface area contributed by atoms with E-state index in [1.54, 1.807) is 0 Å². The topological polar surface area (TPSA) is 63.9 Å². The lowest BCUT2D eigenvalue weighted by atomic mass is 10.2. The van der Waals surface area contributed by atoms with Gasteiger partial charge in [-0.15, -0.1) is 0 Å². The minimum atomic E-state index is 0.0224. The zero-order valence-electron chi connectivity index (χ0n) is 12.2. The van der Waals surface area contributed by atoms with Gasteiger partial charge in [-0.2, -0.15) is 15.0 Å². The fourth-order valence-corrected chi connectivity index (χ4v) is 2.77. The molecule has 0 radical (unpaired) electrons. The molecule has 0 saturated carbocycles. The first-order chi connectivity index (χ1) is 10.7. The lowest BCUT2D eigenvalue weighted by Crippen LogP contribution is -2.29. The molecule has 0 atom stereocenters. The van der Waals surface area contributed by atoms with Crippen LogP contribution in [0.1, 0.15) is 16.8 Å². The number of hydrogen-bond donors (Lipinski definition) is 0. The maximum absolute atomic E-state index is 12.4. The van der Waals surface area contributed by atoms with E-state index in [2.05, 4.69) is 15.2 Å². The molecule has 0 N–H and O–H groups in total. The third kappa shape index (κ3) is 2.22. The van der Waals surface area contributed by atoms with E-state index in [9.17, 15) is 4.79 Å². The molecule has 0 aliphatic carbocycles. The van der Waals surface area contributed by atoms with Crippen LogP contribution < -0.4 is 0 Å². The van der Waals surface area contributed by atoms with Crippen LogP contribution in [-0.2, 0) is 24.4 Å². The molecule has 22 heavy (non-hydrogen) atoms. The summed E-state index contributed by atoms with van der Waals surface area (Å²) < 4.78 is 0. The van der Waals surface area contributed by atoms with Gasteiger partial charge in [-0.05, 0) is 36.2 Å². The van der Waals surface area contributed by atoms with Gasteiger partial charge in [-0.25, -0.2) is 0 Å². The summed E-state index contributed by atoms with van der Waals surface area (Å²) >= 11 is 0. The molecule has 3 heterocycles. The second-order valence-electron chi connectivity index (χ2n) is 5.56. The molecule has 0 saturated heterocycles. The number of amides is 1. The number of rotatable bonds is 2. The van der Waals surface area contributed by atoms with Crippen molar-refractivity contribution in [2.24, 2.45) is 0 Å². The Morgan fingerprint density at radius 1 is 1.14 bits per heavy atom. The lowest BCUT2D eigenvalue weighted by molar-refractivity contribution is -0.132. The second kappa shape index (κ2) is 4.91. The smallest absolute Gasteiger partial charge is 0.246 e. The zero-order valence-corrected chi connectivity index (χ0v) is 12.2. The van der Waals surface area contributed by atoms with Gasteiger partial charge in [0.05, 0.1) is 0 Å². The molecule has 0 spiro atoms. The molecular formula is C16H15N5O. The van der Waals surface area contributed by atoms with Gasteiger partial charge in [-0.3, -0.25) is 9.78 Å². The highest BCUT2D eigenvalue weighted by atomic mass is 16.2. The Labute approximate surface area is 127 Å². The molecule has 2 aromatic heterocycles. The van der Waals surface area contributed by atoms with Crippen LogP contribution in [0.25, 0.3) is 11.0 Å². The number of carbonyl (C=O) groups is 1. The quantitative estimate of drug-likeness (QED) is 0.721. The van der Waals surface area contributed by atoms with E-state index in [1.807, 2.05) is 48.4 Å². The van der Waals surface area contributed by atoms with Gasteiger partial charge >= 0.3 is 0 Å². The van der Waals surface area contributed by atoms with Gasteiger partial charge in [-0.1, -0.05) is 12.1 Å². The number of pyridine rings is 1. The van der Waals surface area contributed by atoms with Crippen molar-refractivity contribution in [1.82, 2.24) is 24.9 Å². The Kier molecular flexibility index (Phi) is 2.89. The first-order valence-electron chi connectivity index (χ1n) is 7.21. The lowest BCUT2D eigenvalue weighted by Gasteiger charge is -2.14. The maximum Gasteiger partial charge on any atom is 0.246 e. The van der Waals surface area contributed by atoms with Gasteiger partial charge in [0.2, 0.25) is 5.91 Å². The van der Waals surface area contributed by atoms with E-state index < -0.39 is 0 Å². The third-order valence-corrected chi connectivity index (χ3v) is 3.90. The highest BCUT2D eigenvalue weighted by molar-refractivity contribution is 5.77. The summed E-state index contributed by atoms with van der Waals surface area (Å²) in [5.74, 6) is 0.0224. The van der Waals surface area contributed by atoms with Crippen LogP contribution in [0.5, 0.6) is 0 Å². The molecule has 1 amide bonds. The Bertz CT molecular complexity index is 837. The number of carbonyl (C=O) groups excluding carboxylic acids is 1. The molecule has 4 rings (SSSR count). The number of hydrogen-bond acceptors (Lipinski definition) is 4. The molecule has 0 unspecified atom stereocenters. The first kappa shape index (κ1) is 12.9. The molecule has 0 bridgehead atoms. The van der Waals surface area contributed by atoms with Crippen molar-refractivity contribution in [1.29, 1.82) is 0 Å². The third-order valence-electron chi connectivity index (χ3n) is 3.90. The minimum absolute atomic E-state index is 0.0224. The number of aromatic nitrogens is 4.